The van der Waals surface area contributed by atoms with E-state index in [2.05, 4.69) is 21.4 Å². The molecule has 0 radical (unpaired) electrons. The largest absolute Gasteiger partial charge is 0.325 e. The van der Waals surface area contributed by atoms with Gasteiger partial charge in [0.2, 0.25) is 0 Å². The monoisotopic (exact) mass is 239 g/mol. The third-order valence-corrected chi connectivity index (χ3v) is 3.27. The van der Waals surface area contributed by atoms with Crippen LogP contribution in [0, 0.1) is 11.5 Å². The van der Waals surface area contributed by atoms with Gasteiger partial charge in [-0.05, 0) is 6.42 Å². The van der Waals surface area contributed by atoms with Crippen molar-refractivity contribution in [3.05, 3.63) is 36.2 Å². The van der Waals surface area contributed by atoms with Crippen molar-refractivity contribution < 1.29 is 0 Å². The van der Waals surface area contributed by atoms with Crippen LogP contribution in [0.15, 0.2) is 30.3 Å². The lowest BCUT2D eigenvalue weighted by molar-refractivity contribution is 0.476. The lowest BCUT2D eigenvalue weighted by Crippen LogP contribution is -2.13. The highest BCUT2D eigenvalue weighted by atomic mass is 15.2. The Morgan fingerprint density at radius 1 is 1.28 bits per heavy atom. The zero-order valence-electron chi connectivity index (χ0n) is 9.87. The van der Waals surface area contributed by atoms with Gasteiger partial charge in [-0.3, -0.25) is 0 Å². The quantitative estimate of drug-likeness (QED) is 0.810. The van der Waals surface area contributed by atoms with Crippen LogP contribution in [0.1, 0.15) is 18.2 Å². The molecule has 2 aromatic rings. The Morgan fingerprint density at radius 3 is 2.83 bits per heavy atom. The summed E-state index contributed by atoms with van der Waals surface area (Å²) in [7, 11) is 0. The van der Waals surface area contributed by atoms with E-state index in [0.717, 1.165) is 36.7 Å². The first-order valence-corrected chi connectivity index (χ1v) is 5.99. The topological polar surface area (TPSA) is 68.6 Å². The van der Waals surface area contributed by atoms with Gasteiger partial charge in [0.1, 0.15) is 5.82 Å². The maximum atomic E-state index is 8.84. The summed E-state index contributed by atoms with van der Waals surface area (Å²) in [6, 6.07) is 9.93. The van der Waals surface area contributed by atoms with Gasteiger partial charge in [0.15, 0.2) is 12.0 Å². The summed E-state index contributed by atoms with van der Waals surface area (Å²) in [5, 5.41) is 17.2. The lowest BCUT2D eigenvalue weighted by Gasteiger charge is -2.05. The minimum absolute atomic E-state index is 0.287. The Bertz CT molecular complexity index is 569. The highest BCUT2D eigenvalue weighted by molar-refractivity contribution is 5.53. The maximum Gasteiger partial charge on any atom is 0.179 e. The zero-order chi connectivity index (χ0) is 12.4. The molecule has 1 fully saturated rings. The van der Waals surface area contributed by atoms with Crippen molar-refractivity contribution in [2.24, 2.45) is 0 Å². The summed E-state index contributed by atoms with van der Waals surface area (Å²) in [6.07, 6.45) is 3.13. The number of nitriles is 1. The summed E-state index contributed by atoms with van der Waals surface area (Å²) < 4.78 is 0. The molecule has 0 spiro atoms. The molecule has 0 aliphatic carbocycles. The van der Waals surface area contributed by atoms with E-state index in [1.165, 1.54) is 0 Å². The molecule has 1 aromatic carbocycles. The van der Waals surface area contributed by atoms with E-state index >= 15 is 0 Å². The van der Waals surface area contributed by atoms with Crippen molar-refractivity contribution in [1.82, 2.24) is 20.1 Å². The first-order valence-electron chi connectivity index (χ1n) is 5.99. The molecule has 90 valence electrons. The lowest BCUT2D eigenvalue weighted by atomic mass is 10.1. The second-order valence-corrected chi connectivity index (χ2v) is 4.46. The first-order chi connectivity index (χ1) is 8.86. The van der Waals surface area contributed by atoms with Gasteiger partial charge < -0.3 is 9.88 Å². The van der Waals surface area contributed by atoms with Crippen LogP contribution in [0.25, 0.3) is 11.4 Å². The molecular weight excluding hydrogens is 226 g/mol. The summed E-state index contributed by atoms with van der Waals surface area (Å²) in [4.78, 5) is 5.02. The average molecular weight is 239 g/mol. The van der Waals surface area contributed by atoms with Crippen molar-refractivity contribution in [3.8, 4) is 17.6 Å². The van der Waals surface area contributed by atoms with Crippen LogP contribution in [0.2, 0.25) is 0 Å². The third-order valence-electron chi connectivity index (χ3n) is 3.27. The fraction of sp³-hybridized carbons (Fsp3) is 0.308. The van der Waals surface area contributed by atoms with Crippen molar-refractivity contribution >= 4 is 0 Å². The highest BCUT2D eigenvalue weighted by Gasteiger charge is 2.25. The van der Waals surface area contributed by atoms with Gasteiger partial charge in [0, 0.05) is 24.6 Å². The van der Waals surface area contributed by atoms with E-state index in [1.54, 1.807) is 4.90 Å². The minimum Gasteiger partial charge on any atom is -0.325 e. The summed E-state index contributed by atoms with van der Waals surface area (Å²) in [5.74, 6) is 1.96. The standard InChI is InChI=1S/C13H13N5/c14-9-18-7-6-11(8-18)13-15-12(16-17-13)10-4-2-1-3-5-10/h1-5,11H,6-8H2,(H,15,16,17). The Labute approximate surface area is 105 Å². The van der Waals surface area contributed by atoms with Crippen LogP contribution >= 0.6 is 0 Å². The molecule has 0 bridgehead atoms. The van der Waals surface area contributed by atoms with Crippen molar-refractivity contribution in [2.75, 3.05) is 13.1 Å². The number of benzene rings is 1. The van der Waals surface area contributed by atoms with Gasteiger partial charge in [0.05, 0.1) is 0 Å². The molecule has 1 atom stereocenters. The van der Waals surface area contributed by atoms with E-state index < -0.39 is 0 Å². The van der Waals surface area contributed by atoms with Crippen LogP contribution in [-0.2, 0) is 0 Å². The Kier molecular flexibility index (Phi) is 2.69. The molecule has 0 amide bonds. The smallest absolute Gasteiger partial charge is 0.179 e. The SMILES string of the molecule is N#CN1CCC(c2nnc(-c3ccccc3)[nH]2)C1. The fourth-order valence-electron chi connectivity index (χ4n) is 2.26. The molecule has 1 saturated heterocycles. The number of rotatable bonds is 2. The number of aromatic amines is 1. The Morgan fingerprint density at radius 2 is 2.11 bits per heavy atom. The van der Waals surface area contributed by atoms with Crippen molar-refractivity contribution in [1.29, 1.82) is 5.26 Å². The van der Waals surface area contributed by atoms with Crippen molar-refractivity contribution in [2.45, 2.75) is 12.3 Å². The zero-order valence-corrected chi connectivity index (χ0v) is 9.87. The van der Waals surface area contributed by atoms with Crippen LogP contribution in [0.4, 0.5) is 0 Å². The third kappa shape index (κ3) is 1.93. The van der Waals surface area contributed by atoms with Gasteiger partial charge >= 0.3 is 0 Å². The fourth-order valence-corrected chi connectivity index (χ4v) is 2.26. The maximum absolute atomic E-state index is 8.84. The molecule has 3 rings (SSSR count). The molecule has 1 unspecified atom stereocenters. The number of aromatic nitrogens is 3. The van der Waals surface area contributed by atoms with Crippen LogP contribution in [-0.4, -0.2) is 33.2 Å². The molecule has 18 heavy (non-hydrogen) atoms. The van der Waals surface area contributed by atoms with Gasteiger partial charge in [-0.25, -0.2) is 0 Å². The molecule has 2 heterocycles. The number of nitrogens with one attached hydrogen (secondary N) is 1. The second kappa shape index (κ2) is 4.49. The van der Waals surface area contributed by atoms with Crippen LogP contribution in [0.5, 0.6) is 0 Å². The Hall–Kier alpha value is -2.35. The van der Waals surface area contributed by atoms with Gasteiger partial charge in [0.25, 0.3) is 0 Å². The van der Waals surface area contributed by atoms with Crippen LogP contribution < -0.4 is 0 Å². The van der Waals surface area contributed by atoms with E-state index in [4.69, 9.17) is 5.26 Å². The summed E-state index contributed by atoms with van der Waals surface area (Å²) in [5.41, 5.74) is 1.03. The molecule has 1 aliphatic heterocycles. The van der Waals surface area contributed by atoms with Gasteiger partial charge in [-0.15, -0.1) is 10.2 Å². The van der Waals surface area contributed by atoms with Crippen LogP contribution in [0.3, 0.4) is 0 Å². The minimum atomic E-state index is 0.287. The Balaban J connectivity index is 1.81. The first kappa shape index (κ1) is 10.8. The summed E-state index contributed by atoms with van der Waals surface area (Å²) in [6.45, 7) is 1.54. The van der Waals surface area contributed by atoms with E-state index in [9.17, 15) is 0 Å². The number of likely N-dealkylation sites (tertiary alicyclic amines) is 1. The molecule has 1 N–H and O–H groups in total. The predicted octanol–water partition coefficient (Wildman–Crippen LogP) is 1.74. The molecule has 5 heteroatoms. The number of H-pyrrole nitrogens is 1. The van der Waals surface area contributed by atoms with Gasteiger partial charge in [-0.1, -0.05) is 30.3 Å². The molecule has 5 nitrogen and oxygen atoms in total. The molecule has 0 saturated carbocycles. The molecule has 1 aliphatic rings. The van der Waals surface area contributed by atoms with E-state index in [0.29, 0.717) is 0 Å². The normalized spacial score (nSPS) is 18.8. The highest BCUT2D eigenvalue weighted by Crippen LogP contribution is 2.25. The number of nitrogens with zero attached hydrogens (tertiary/aromatic N) is 4. The molecule has 1 aromatic heterocycles. The number of hydrogen-bond acceptors (Lipinski definition) is 4. The van der Waals surface area contributed by atoms with Gasteiger partial charge in [-0.2, -0.15) is 5.26 Å². The van der Waals surface area contributed by atoms with E-state index in [1.807, 2.05) is 30.3 Å². The summed E-state index contributed by atoms with van der Waals surface area (Å²) >= 11 is 0. The number of hydrogen-bond donors (Lipinski definition) is 1. The average Bonchev–Trinajstić information content (AvgIpc) is 3.08. The van der Waals surface area contributed by atoms with E-state index in [-0.39, 0.29) is 5.92 Å². The van der Waals surface area contributed by atoms with Crippen molar-refractivity contribution in [3.63, 3.8) is 0 Å². The molecular formula is C13H13N5. The predicted molar refractivity (Wildman–Crippen MR) is 66.4 cm³/mol. The second-order valence-electron chi connectivity index (χ2n) is 4.46.